The zero-order valence-electron chi connectivity index (χ0n) is 12.2. The summed E-state index contributed by atoms with van der Waals surface area (Å²) < 4.78 is 6.78. The number of benzene rings is 1. The predicted octanol–water partition coefficient (Wildman–Crippen LogP) is 3.27. The third-order valence-corrected chi connectivity index (χ3v) is 4.80. The Bertz CT molecular complexity index is 848. The van der Waals surface area contributed by atoms with E-state index in [0.717, 1.165) is 39.7 Å². The number of halogens is 1. The van der Waals surface area contributed by atoms with Gasteiger partial charge in [-0.2, -0.15) is 0 Å². The van der Waals surface area contributed by atoms with E-state index in [0.29, 0.717) is 12.1 Å². The van der Waals surface area contributed by atoms with Crippen LogP contribution in [0.4, 0.5) is 0 Å². The molecule has 0 spiro atoms. The average Bonchev–Trinajstić information content (AvgIpc) is 3.09. The standard InChI is InChI=1S/C16H16BrN3O2/c1-9(20-5-4-11(21)8-20)16-18-7-14-15(19-16)12-6-10(17)2-3-13(12)22-14/h2-3,6-7,9,11,21H,4-5,8H2,1H3/t9?,11-/m0/s1. The van der Waals surface area contributed by atoms with Crippen molar-refractivity contribution in [2.45, 2.75) is 25.5 Å². The fourth-order valence-corrected chi connectivity index (χ4v) is 3.39. The number of rotatable bonds is 2. The number of fused-ring (bicyclic) bond motifs is 3. The van der Waals surface area contributed by atoms with Crippen LogP contribution in [0.5, 0.6) is 0 Å². The Morgan fingerprint density at radius 2 is 2.27 bits per heavy atom. The minimum Gasteiger partial charge on any atom is -0.453 e. The Kier molecular flexibility index (Phi) is 3.40. The highest BCUT2D eigenvalue weighted by molar-refractivity contribution is 9.10. The van der Waals surface area contributed by atoms with Gasteiger partial charge in [-0.3, -0.25) is 4.90 Å². The zero-order chi connectivity index (χ0) is 15.3. The molecule has 0 bridgehead atoms. The Hall–Kier alpha value is -1.50. The first-order valence-electron chi connectivity index (χ1n) is 7.38. The lowest BCUT2D eigenvalue weighted by Gasteiger charge is -2.22. The van der Waals surface area contributed by atoms with Gasteiger partial charge in [0.15, 0.2) is 5.58 Å². The number of β-amino-alcohol motifs (C(OH)–C–C–N with tert-alkyl or cyclic N) is 1. The third-order valence-electron chi connectivity index (χ3n) is 4.31. The topological polar surface area (TPSA) is 62.4 Å². The number of aliphatic hydroxyl groups excluding tert-OH is 1. The molecule has 3 aromatic rings. The van der Waals surface area contributed by atoms with Gasteiger partial charge in [-0.1, -0.05) is 15.9 Å². The summed E-state index contributed by atoms with van der Waals surface area (Å²) in [7, 11) is 0. The molecule has 0 saturated carbocycles. The van der Waals surface area contributed by atoms with E-state index in [1.54, 1.807) is 6.20 Å². The van der Waals surface area contributed by atoms with E-state index >= 15 is 0 Å². The molecule has 0 amide bonds. The van der Waals surface area contributed by atoms with E-state index in [1.807, 2.05) is 18.2 Å². The average molecular weight is 362 g/mol. The molecule has 1 saturated heterocycles. The smallest absolute Gasteiger partial charge is 0.172 e. The molecule has 22 heavy (non-hydrogen) atoms. The number of furan rings is 1. The van der Waals surface area contributed by atoms with Crippen LogP contribution in [0.3, 0.4) is 0 Å². The Morgan fingerprint density at radius 3 is 3.05 bits per heavy atom. The first-order valence-corrected chi connectivity index (χ1v) is 8.18. The van der Waals surface area contributed by atoms with E-state index in [1.165, 1.54) is 0 Å². The summed E-state index contributed by atoms with van der Waals surface area (Å²) >= 11 is 3.49. The maximum atomic E-state index is 9.70. The van der Waals surface area contributed by atoms with Crippen molar-refractivity contribution < 1.29 is 9.52 Å². The van der Waals surface area contributed by atoms with E-state index in [-0.39, 0.29) is 12.1 Å². The SMILES string of the molecule is CC(c1ncc2oc3ccc(Br)cc3c2n1)N1CC[C@H](O)C1. The van der Waals surface area contributed by atoms with Gasteiger partial charge in [0, 0.05) is 22.9 Å². The molecule has 1 aliphatic rings. The molecule has 5 nitrogen and oxygen atoms in total. The summed E-state index contributed by atoms with van der Waals surface area (Å²) in [5.74, 6) is 0.768. The van der Waals surface area contributed by atoms with Gasteiger partial charge < -0.3 is 9.52 Å². The lowest BCUT2D eigenvalue weighted by molar-refractivity contribution is 0.161. The highest BCUT2D eigenvalue weighted by atomic mass is 79.9. The van der Waals surface area contributed by atoms with E-state index in [4.69, 9.17) is 9.40 Å². The lowest BCUT2D eigenvalue weighted by atomic mass is 10.2. The summed E-state index contributed by atoms with van der Waals surface area (Å²) in [5.41, 5.74) is 2.35. The second-order valence-electron chi connectivity index (χ2n) is 5.80. The van der Waals surface area contributed by atoms with Crippen LogP contribution in [0, 0.1) is 0 Å². The molecule has 4 rings (SSSR count). The van der Waals surface area contributed by atoms with Crippen LogP contribution in [0.15, 0.2) is 33.3 Å². The van der Waals surface area contributed by atoms with E-state index < -0.39 is 0 Å². The molecule has 3 heterocycles. The number of hydrogen-bond donors (Lipinski definition) is 1. The molecule has 1 aliphatic heterocycles. The number of aromatic nitrogens is 2. The summed E-state index contributed by atoms with van der Waals surface area (Å²) in [6, 6.07) is 5.98. The van der Waals surface area contributed by atoms with Crippen LogP contribution in [0.1, 0.15) is 25.2 Å². The molecular weight excluding hydrogens is 346 g/mol. The van der Waals surface area contributed by atoms with Crippen LogP contribution in [0.25, 0.3) is 22.1 Å². The van der Waals surface area contributed by atoms with Gasteiger partial charge in [0.1, 0.15) is 16.9 Å². The fourth-order valence-electron chi connectivity index (χ4n) is 3.03. The minimum atomic E-state index is -0.239. The van der Waals surface area contributed by atoms with Gasteiger partial charge in [0.2, 0.25) is 0 Å². The summed E-state index contributed by atoms with van der Waals surface area (Å²) in [6.45, 7) is 3.64. The molecule has 1 aromatic carbocycles. The van der Waals surface area contributed by atoms with Gasteiger partial charge in [-0.15, -0.1) is 0 Å². The molecule has 0 radical (unpaired) electrons. The number of nitrogens with zero attached hydrogens (tertiary/aromatic N) is 3. The molecule has 2 aromatic heterocycles. The molecule has 1 unspecified atom stereocenters. The molecular formula is C16H16BrN3O2. The highest BCUT2D eigenvalue weighted by Crippen LogP contribution is 2.31. The normalized spacial score (nSPS) is 21.0. The Morgan fingerprint density at radius 1 is 1.41 bits per heavy atom. The van der Waals surface area contributed by atoms with Crippen molar-refractivity contribution in [1.82, 2.24) is 14.9 Å². The van der Waals surface area contributed by atoms with Gasteiger partial charge in [-0.25, -0.2) is 9.97 Å². The molecule has 0 aliphatic carbocycles. The zero-order valence-corrected chi connectivity index (χ0v) is 13.7. The number of hydrogen-bond acceptors (Lipinski definition) is 5. The molecule has 114 valence electrons. The third kappa shape index (κ3) is 2.31. The van der Waals surface area contributed by atoms with Crippen molar-refractivity contribution in [3.05, 3.63) is 34.7 Å². The highest BCUT2D eigenvalue weighted by Gasteiger charge is 2.27. The van der Waals surface area contributed by atoms with E-state index in [2.05, 4.69) is 32.7 Å². The summed E-state index contributed by atoms with van der Waals surface area (Å²) in [6.07, 6.45) is 2.32. The summed E-state index contributed by atoms with van der Waals surface area (Å²) in [4.78, 5) is 11.4. The second-order valence-corrected chi connectivity index (χ2v) is 6.71. The van der Waals surface area contributed by atoms with Crippen LogP contribution >= 0.6 is 15.9 Å². The monoisotopic (exact) mass is 361 g/mol. The van der Waals surface area contributed by atoms with Gasteiger partial charge >= 0.3 is 0 Å². The van der Waals surface area contributed by atoms with Crippen LogP contribution in [0.2, 0.25) is 0 Å². The van der Waals surface area contributed by atoms with Crippen molar-refractivity contribution in [2.75, 3.05) is 13.1 Å². The van der Waals surface area contributed by atoms with E-state index in [9.17, 15) is 5.11 Å². The first kappa shape index (κ1) is 14.1. The van der Waals surface area contributed by atoms with Crippen LogP contribution in [-0.2, 0) is 0 Å². The Balaban J connectivity index is 1.79. The number of aliphatic hydroxyl groups is 1. The van der Waals surface area contributed by atoms with Crippen molar-refractivity contribution in [1.29, 1.82) is 0 Å². The lowest BCUT2D eigenvalue weighted by Crippen LogP contribution is -2.26. The van der Waals surface area contributed by atoms with Crippen molar-refractivity contribution >= 4 is 38.0 Å². The molecule has 2 atom stereocenters. The Labute approximate surface area is 136 Å². The maximum absolute atomic E-state index is 9.70. The molecule has 6 heteroatoms. The quantitative estimate of drug-likeness (QED) is 0.758. The first-order chi connectivity index (χ1) is 10.6. The maximum Gasteiger partial charge on any atom is 0.172 e. The fraction of sp³-hybridized carbons (Fsp3) is 0.375. The number of likely N-dealkylation sites (tertiary alicyclic amines) is 1. The van der Waals surface area contributed by atoms with Crippen LogP contribution in [-0.4, -0.2) is 39.2 Å². The minimum absolute atomic E-state index is 0.0821. The predicted molar refractivity (Wildman–Crippen MR) is 87.6 cm³/mol. The molecule has 1 fully saturated rings. The van der Waals surface area contributed by atoms with Gasteiger partial charge in [0.05, 0.1) is 18.3 Å². The van der Waals surface area contributed by atoms with Crippen molar-refractivity contribution in [2.24, 2.45) is 0 Å². The van der Waals surface area contributed by atoms with Gasteiger partial charge in [0.25, 0.3) is 0 Å². The molecule has 1 N–H and O–H groups in total. The van der Waals surface area contributed by atoms with Crippen molar-refractivity contribution in [3.8, 4) is 0 Å². The van der Waals surface area contributed by atoms with Crippen molar-refractivity contribution in [3.63, 3.8) is 0 Å². The van der Waals surface area contributed by atoms with Gasteiger partial charge in [-0.05, 0) is 31.5 Å². The van der Waals surface area contributed by atoms with Crippen LogP contribution < -0.4 is 0 Å². The largest absolute Gasteiger partial charge is 0.453 e. The summed E-state index contributed by atoms with van der Waals surface area (Å²) in [5, 5.41) is 10.7. The second kappa shape index (κ2) is 5.30.